The van der Waals surface area contributed by atoms with Crippen LogP contribution in [0.4, 0.5) is 0 Å². The lowest BCUT2D eigenvalue weighted by Crippen LogP contribution is -2.52. The lowest BCUT2D eigenvalue weighted by atomic mass is 9.95. The minimum Gasteiger partial charge on any atom is -0.483 e. The number of carbonyl (C=O) groups excluding carboxylic acids is 2. The highest BCUT2D eigenvalue weighted by atomic mass is 79.9. The maximum Gasteiger partial charge on any atom is 0.261 e. The summed E-state index contributed by atoms with van der Waals surface area (Å²) in [6.07, 6.45) is 6.06. The molecule has 0 unspecified atom stereocenters. The Morgan fingerprint density at radius 3 is 2.47 bits per heavy atom. The van der Waals surface area contributed by atoms with Crippen LogP contribution in [0.25, 0.3) is 10.8 Å². The molecule has 0 heterocycles. The Balaban J connectivity index is 1.52. The summed E-state index contributed by atoms with van der Waals surface area (Å²) in [4.78, 5) is 28.6. The first kappa shape index (κ1) is 26.2. The fraction of sp³-hybridized carbons (Fsp3) is 0.400. The van der Waals surface area contributed by atoms with Crippen molar-refractivity contribution in [2.24, 2.45) is 0 Å². The van der Waals surface area contributed by atoms with Gasteiger partial charge in [-0.15, -0.1) is 0 Å². The summed E-state index contributed by atoms with van der Waals surface area (Å²) in [7, 11) is 0. The monoisotopic (exact) mass is 550 g/mol. The van der Waals surface area contributed by atoms with E-state index in [0.29, 0.717) is 18.7 Å². The van der Waals surface area contributed by atoms with E-state index in [0.717, 1.165) is 52.1 Å². The first-order valence-corrected chi connectivity index (χ1v) is 13.7. The van der Waals surface area contributed by atoms with Crippen LogP contribution in [0, 0.1) is 6.92 Å². The number of rotatable bonds is 9. The molecule has 0 aliphatic heterocycles. The van der Waals surface area contributed by atoms with Gasteiger partial charge in [-0.1, -0.05) is 86.3 Å². The van der Waals surface area contributed by atoms with Gasteiger partial charge in [0, 0.05) is 12.6 Å². The number of nitrogens with one attached hydrogen (secondary N) is 1. The summed E-state index contributed by atoms with van der Waals surface area (Å²) in [6, 6.07) is 19.6. The topological polar surface area (TPSA) is 58.6 Å². The van der Waals surface area contributed by atoms with Crippen LogP contribution in [0.5, 0.6) is 5.75 Å². The summed E-state index contributed by atoms with van der Waals surface area (Å²) >= 11 is 3.64. The number of hydrogen-bond donors (Lipinski definition) is 1. The van der Waals surface area contributed by atoms with Crippen LogP contribution >= 0.6 is 15.9 Å². The summed E-state index contributed by atoms with van der Waals surface area (Å²) in [5, 5.41) is 5.34. The average Bonchev–Trinajstić information content (AvgIpc) is 2.90. The third-order valence-electron chi connectivity index (χ3n) is 6.99. The number of aryl methyl sites for hydroxylation is 1. The molecule has 0 radical (unpaired) electrons. The van der Waals surface area contributed by atoms with Crippen LogP contribution in [0.1, 0.15) is 56.6 Å². The molecule has 1 aliphatic rings. The highest BCUT2D eigenvalue weighted by Gasteiger charge is 2.30. The van der Waals surface area contributed by atoms with Gasteiger partial charge in [0.1, 0.15) is 11.8 Å². The second-order valence-electron chi connectivity index (χ2n) is 9.66. The minimum absolute atomic E-state index is 0.0725. The number of hydrogen-bond acceptors (Lipinski definition) is 3. The lowest BCUT2D eigenvalue weighted by Gasteiger charge is -2.32. The standard InChI is InChI=1S/C30H35BrN2O3/c1-3-26(30(35)32-24-10-5-4-6-11-24)33(19-22-15-13-21(2)14-16-22)28(34)20-36-27-18-17-23-9-7-8-12-25(23)29(27)31/h7-9,12-18,24,26H,3-6,10-11,19-20H2,1-2H3,(H,32,35)/t26-/m1/s1. The number of ether oxygens (including phenoxy) is 1. The Labute approximate surface area is 222 Å². The zero-order chi connectivity index (χ0) is 25.5. The zero-order valence-corrected chi connectivity index (χ0v) is 22.7. The predicted octanol–water partition coefficient (Wildman–Crippen LogP) is 6.55. The van der Waals surface area contributed by atoms with Gasteiger partial charge < -0.3 is 15.0 Å². The summed E-state index contributed by atoms with van der Waals surface area (Å²) in [5.41, 5.74) is 2.15. The molecule has 190 valence electrons. The molecule has 0 aromatic heterocycles. The Morgan fingerprint density at radius 1 is 1.03 bits per heavy atom. The Kier molecular flexibility index (Phi) is 9.03. The molecular formula is C30H35BrN2O3. The number of carbonyl (C=O) groups is 2. The molecule has 3 aromatic carbocycles. The molecule has 1 N–H and O–H groups in total. The first-order chi connectivity index (χ1) is 17.5. The number of halogens is 1. The lowest BCUT2D eigenvalue weighted by molar-refractivity contribution is -0.143. The van der Waals surface area contributed by atoms with Crippen molar-refractivity contribution < 1.29 is 14.3 Å². The molecule has 1 atom stereocenters. The molecule has 6 heteroatoms. The van der Waals surface area contributed by atoms with Crippen molar-refractivity contribution in [1.29, 1.82) is 0 Å². The fourth-order valence-corrected chi connectivity index (χ4v) is 5.51. The van der Waals surface area contributed by atoms with Crippen molar-refractivity contribution in [2.75, 3.05) is 6.61 Å². The molecule has 2 amide bonds. The molecule has 0 bridgehead atoms. The molecule has 0 saturated heterocycles. The van der Waals surface area contributed by atoms with Crippen LogP contribution < -0.4 is 10.1 Å². The van der Waals surface area contributed by atoms with Crippen molar-refractivity contribution in [3.8, 4) is 5.75 Å². The molecule has 1 aliphatic carbocycles. The van der Waals surface area contributed by atoms with Crippen LogP contribution in [0.15, 0.2) is 65.1 Å². The normalized spacial score (nSPS) is 14.9. The van der Waals surface area contributed by atoms with E-state index in [-0.39, 0.29) is 24.5 Å². The van der Waals surface area contributed by atoms with E-state index < -0.39 is 6.04 Å². The Hall–Kier alpha value is -2.86. The Morgan fingerprint density at radius 2 is 1.75 bits per heavy atom. The van der Waals surface area contributed by atoms with Gasteiger partial charge in [-0.05, 0) is 64.5 Å². The minimum atomic E-state index is -0.552. The van der Waals surface area contributed by atoms with Crippen LogP contribution in [0.3, 0.4) is 0 Å². The molecule has 3 aromatic rings. The fourth-order valence-electron chi connectivity index (χ4n) is 4.90. The van der Waals surface area contributed by atoms with Gasteiger partial charge in [-0.2, -0.15) is 0 Å². The van der Waals surface area contributed by atoms with E-state index in [1.54, 1.807) is 4.90 Å². The van der Waals surface area contributed by atoms with Gasteiger partial charge in [0.15, 0.2) is 6.61 Å². The van der Waals surface area contributed by atoms with Gasteiger partial charge in [0.05, 0.1) is 4.47 Å². The van der Waals surface area contributed by atoms with Crippen LogP contribution in [-0.4, -0.2) is 35.4 Å². The second kappa shape index (κ2) is 12.4. The van der Waals surface area contributed by atoms with E-state index in [9.17, 15) is 9.59 Å². The van der Waals surface area contributed by atoms with E-state index in [2.05, 4.69) is 21.2 Å². The van der Waals surface area contributed by atoms with Gasteiger partial charge >= 0.3 is 0 Å². The van der Waals surface area contributed by atoms with Crippen LogP contribution in [0.2, 0.25) is 0 Å². The average molecular weight is 552 g/mol. The summed E-state index contributed by atoms with van der Waals surface area (Å²) in [6.45, 7) is 4.21. The molecular weight excluding hydrogens is 516 g/mol. The van der Waals surface area contributed by atoms with Crippen molar-refractivity contribution in [3.63, 3.8) is 0 Å². The smallest absolute Gasteiger partial charge is 0.261 e. The SMILES string of the molecule is CC[C@H](C(=O)NC1CCCCC1)N(Cc1ccc(C)cc1)C(=O)COc1ccc2ccccc2c1Br. The maximum atomic E-state index is 13.6. The van der Waals surface area contributed by atoms with Gasteiger partial charge in [0.2, 0.25) is 5.91 Å². The van der Waals surface area contributed by atoms with Crippen molar-refractivity contribution in [3.05, 3.63) is 76.3 Å². The quantitative estimate of drug-likeness (QED) is 0.328. The largest absolute Gasteiger partial charge is 0.483 e. The number of fused-ring (bicyclic) bond motifs is 1. The summed E-state index contributed by atoms with van der Waals surface area (Å²) in [5.74, 6) is 0.329. The van der Waals surface area contributed by atoms with Crippen molar-refractivity contribution >= 4 is 38.5 Å². The molecule has 36 heavy (non-hydrogen) atoms. The molecule has 0 spiro atoms. The molecule has 1 saturated carbocycles. The number of benzene rings is 3. The summed E-state index contributed by atoms with van der Waals surface area (Å²) < 4.78 is 6.82. The zero-order valence-electron chi connectivity index (χ0n) is 21.1. The van der Waals surface area contributed by atoms with E-state index >= 15 is 0 Å². The third kappa shape index (κ3) is 6.47. The van der Waals surface area contributed by atoms with E-state index in [1.807, 2.05) is 74.5 Å². The van der Waals surface area contributed by atoms with Gasteiger partial charge in [-0.3, -0.25) is 9.59 Å². The second-order valence-corrected chi connectivity index (χ2v) is 10.5. The number of amides is 2. The highest BCUT2D eigenvalue weighted by molar-refractivity contribution is 9.10. The number of nitrogens with zero attached hydrogens (tertiary/aromatic N) is 1. The highest BCUT2D eigenvalue weighted by Crippen LogP contribution is 2.33. The third-order valence-corrected chi connectivity index (χ3v) is 7.81. The Bertz CT molecular complexity index is 1190. The maximum absolute atomic E-state index is 13.6. The molecule has 5 nitrogen and oxygen atoms in total. The van der Waals surface area contributed by atoms with Crippen molar-refractivity contribution in [2.45, 2.75) is 71.0 Å². The first-order valence-electron chi connectivity index (χ1n) is 12.9. The van der Waals surface area contributed by atoms with Crippen molar-refractivity contribution in [1.82, 2.24) is 10.2 Å². The predicted molar refractivity (Wildman–Crippen MR) is 148 cm³/mol. The van der Waals surface area contributed by atoms with E-state index in [4.69, 9.17) is 4.74 Å². The van der Waals surface area contributed by atoms with Gasteiger partial charge in [0.25, 0.3) is 5.91 Å². The van der Waals surface area contributed by atoms with E-state index in [1.165, 1.54) is 6.42 Å². The van der Waals surface area contributed by atoms with Gasteiger partial charge in [-0.25, -0.2) is 0 Å². The molecule has 4 rings (SSSR count). The van der Waals surface area contributed by atoms with Crippen LogP contribution in [-0.2, 0) is 16.1 Å². The molecule has 1 fully saturated rings.